The van der Waals surface area contributed by atoms with Gasteiger partial charge in [-0.1, -0.05) is 13.8 Å². The molecule has 1 N–H and O–H groups in total. The number of ether oxygens (including phenoxy) is 2. The third kappa shape index (κ3) is 0.923. The molecular formula is C15H20O5. The number of aliphatic hydroxyl groups is 1. The Labute approximate surface area is 117 Å². The van der Waals surface area contributed by atoms with Gasteiger partial charge in [0.25, 0.3) is 0 Å². The molecule has 0 radical (unpaired) electrons. The second kappa shape index (κ2) is 3.12. The van der Waals surface area contributed by atoms with Crippen LogP contribution in [0.5, 0.6) is 0 Å². The number of ketones is 1. The molecular weight excluding hydrogens is 260 g/mol. The largest absolute Gasteiger partial charge is 0.465 e. The van der Waals surface area contributed by atoms with Gasteiger partial charge in [-0.15, -0.1) is 0 Å². The van der Waals surface area contributed by atoms with Crippen LogP contribution in [-0.4, -0.2) is 40.8 Å². The lowest BCUT2D eigenvalue weighted by atomic mass is 9.43. The first-order chi connectivity index (χ1) is 9.22. The number of carbonyl (C=O) groups is 2. The summed E-state index contributed by atoms with van der Waals surface area (Å²) in [5.74, 6) is -0.396. The van der Waals surface area contributed by atoms with Crippen LogP contribution in [0.1, 0.15) is 40.0 Å². The minimum atomic E-state index is -0.811. The smallest absolute Gasteiger partial charge is 0.306 e. The summed E-state index contributed by atoms with van der Waals surface area (Å²) in [5, 5.41) is 10.7. The van der Waals surface area contributed by atoms with Crippen molar-refractivity contribution in [3.63, 3.8) is 0 Å². The molecule has 20 heavy (non-hydrogen) atoms. The number of rotatable bonds is 0. The number of esters is 1. The average Bonchev–Trinajstić information content (AvgIpc) is 2.73. The Kier molecular flexibility index (Phi) is 1.99. The van der Waals surface area contributed by atoms with E-state index in [0.717, 1.165) is 0 Å². The van der Waals surface area contributed by atoms with Gasteiger partial charge in [0.1, 0.15) is 18.0 Å². The van der Waals surface area contributed by atoms with E-state index in [2.05, 4.69) is 0 Å². The summed E-state index contributed by atoms with van der Waals surface area (Å²) in [4.78, 5) is 24.6. The molecule has 0 aromatic carbocycles. The number of aliphatic hydroxyl groups excluding tert-OH is 1. The number of Topliss-reactive ketones (excluding diaryl/α,β-unsaturated/α-hetero) is 1. The molecule has 0 unspecified atom stereocenters. The minimum Gasteiger partial charge on any atom is -0.465 e. The van der Waals surface area contributed by atoms with E-state index in [-0.39, 0.29) is 30.7 Å². The van der Waals surface area contributed by atoms with E-state index >= 15 is 0 Å². The molecule has 0 amide bonds. The number of hydrogen-bond donors (Lipinski definition) is 1. The normalized spacial score (nSPS) is 60.4. The van der Waals surface area contributed by atoms with Crippen molar-refractivity contribution in [2.75, 3.05) is 6.61 Å². The highest BCUT2D eigenvalue weighted by molar-refractivity contribution is 5.87. The van der Waals surface area contributed by atoms with E-state index in [1.807, 2.05) is 20.8 Å². The quantitative estimate of drug-likeness (QED) is 0.665. The summed E-state index contributed by atoms with van der Waals surface area (Å²) in [6.45, 7) is 5.86. The molecule has 1 spiro atoms. The van der Waals surface area contributed by atoms with Gasteiger partial charge < -0.3 is 14.6 Å². The lowest BCUT2D eigenvalue weighted by molar-refractivity contribution is -0.389. The highest BCUT2D eigenvalue weighted by Gasteiger charge is 2.89. The predicted molar refractivity (Wildman–Crippen MR) is 67.7 cm³/mol. The number of cyclic esters (lactones) is 1. The van der Waals surface area contributed by atoms with Gasteiger partial charge in [-0.3, -0.25) is 9.59 Å². The Bertz CT molecular complexity index is 544. The van der Waals surface area contributed by atoms with Crippen LogP contribution in [0, 0.1) is 16.7 Å². The Balaban J connectivity index is 2.00. The zero-order valence-electron chi connectivity index (χ0n) is 12.1. The Morgan fingerprint density at radius 2 is 1.95 bits per heavy atom. The number of hydrogen-bond acceptors (Lipinski definition) is 5. The molecule has 4 bridgehead atoms. The van der Waals surface area contributed by atoms with Gasteiger partial charge in [-0.05, 0) is 6.92 Å². The monoisotopic (exact) mass is 280 g/mol. The maximum Gasteiger partial charge on any atom is 0.306 e. The second-order valence-electron chi connectivity index (χ2n) is 7.49. The van der Waals surface area contributed by atoms with Gasteiger partial charge in [0.05, 0.1) is 18.1 Å². The maximum absolute atomic E-state index is 12.5. The van der Waals surface area contributed by atoms with Crippen LogP contribution in [-0.2, 0) is 19.1 Å². The fourth-order valence-corrected chi connectivity index (χ4v) is 5.66. The van der Waals surface area contributed by atoms with Crippen LogP contribution >= 0.6 is 0 Å². The lowest BCUT2D eigenvalue weighted by Gasteiger charge is -2.71. The van der Waals surface area contributed by atoms with Gasteiger partial charge in [0, 0.05) is 29.6 Å². The van der Waals surface area contributed by atoms with Gasteiger partial charge >= 0.3 is 5.97 Å². The van der Waals surface area contributed by atoms with E-state index in [4.69, 9.17) is 9.47 Å². The molecule has 3 heterocycles. The molecule has 5 heteroatoms. The zero-order valence-corrected chi connectivity index (χ0v) is 12.1. The van der Waals surface area contributed by atoms with Crippen molar-refractivity contribution in [3.8, 4) is 0 Å². The van der Waals surface area contributed by atoms with E-state index in [1.54, 1.807) is 0 Å². The predicted octanol–water partition coefficient (Wildman–Crippen LogP) is 0.827. The minimum absolute atomic E-state index is 0.146. The van der Waals surface area contributed by atoms with Crippen LogP contribution in [0.4, 0.5) is 0 Å². The molecule has 0 aromatic heterocycles. The third-order valence-electron chi connectivity index (χ3n) is 6.90. The maximum atomic E-state index is 12.5. The van der Waals surface area contributed by atoms with Crippen molar-refractivity contribution in [2.45, 2.75) is 57.3 Å². The third-order valence-corrected chi connectivity index (χ3v) is 6.90. The Hall–Kier alpha value is -0.940. The summed E-state index contributed by atoms with van der Waals surface area (Å²) in [7, 11) is 0. The van der Waals surface area contributed by atoms with E-state index in [0.29, 0.717) is 12.8 Å². The van der Waals surface area contributed by atoms with Gasteiger partial charge in [0.2, 0.25) is 0 Å². The van der Waals surface area contributed by atoms with E-state index in [9.17, 15) is 14.7 Å². The van der Waals surface area contributed by atoms with Crippen molar-refractivity contribution in [1.82, 2.24) is 0 Å². The first-order valence-corrected chi connectivity index (χ1v) is 7.29. The fourth-order valence-electron chi connectivity index (χ4n) is 5.66. The average molecular weight is 280 g/mol. The molecule has 2 aliphatic carbocycles. The van der Waals surface area contributed by atoms with Gasteiger partial charge in [-0.2, -0.15) is 0 Å². The summed E-state index contributed by atoms with van der Waals surface area (Å²) < 4.78 is 11.6. The van der Waals surface area contributed by atoms with Crippen molar-refractivity contribution in [2.24, 2.45) is 16.7 Å². The van der Waals surface area contributed by atoms with Crippen LogP contribution in [0.15, 0.2) is 0 Å². The second-order valence-corrected chi connectivity index (χ2v) is 7.49. The summed E-state index contributed by atoms with van der Waals surface area (Å²) in [6.07, 6.45) is 0.347. The Morgan fingerprint density at radius 3 is 2.60 bits per heavy atom. The highest BCUT2D eigenvalue weighted by Crippen LogP contribution is 2.79. The van der Waals surface area contributed by atoms with E-state index in [1.165, 1.54) is 0 Å². The first-order valence-electron chi connectivity index (χ1n) is 7.29. The molecule has 0 aromatic rings. The van der Waals surface area contributed by atoms with Crippen LogP contribution in [0.3, 0.4) is 0 Å². The summed E-state index contributed by atoms with van der Waals surface area (Å²) >= 11 is 0. The number of carbonyl (C=O) groups excluding carboxylic acids is 2. The Morgan fingerprint density at radius 1 is 1.25 bits per heavy atom. The zero-order chi connectivity index (χ0) is 14.6. The van der Waals surface area contributed by atoms with Gasteiger partial charge in [-0.25, -0.2) is 0 Å². The number of fused-ring (bicyclic) bond motifs is 1. The molecule has 5 rings (SSSR count). The standard InChI is InChI=1S/C15H20O5/c1-8-9(16)4-14-6-11(18)19-7-12(8,2)15(14)10(17)5-13(14,3)20-15/h8,10,17H,4-7H2,1-3H3/t8-,10+,12-,13+,14-,15+/m1/s1. The summed E-state index contributed by atoms with van der Waals surface area (Å²) in [6, 6.07) is 0. The molecule has 2 saturated carbocycles. The van der Waals surface area contributed by atoms with Crippen molar-refractivity contribution < 1.29 is 24.2 Å². The molecule has 5 fully saturated rings. The molecule has 5 nitrogen and oxygen atoms in total. The SMILES string of the molecule is C[C@@H]1C(=O)C[C@]23CC(=O)OC[C@@]1(C)[C@]21O[C@@]3(C)C[C@@H]1O. The molecule has 5 aliphatic rings. The molecule has 3 saturated heterocycles. The topological polar surface area (TPSA) is 72.8 Å². The fraction of sp³-hybridized carbons (Fsp3) is 0.867. The molecule has 110 valence electrons. The first kappa shape index (κ1) is 12.8. The van der Waals surface area contributed by atoms with Crippen LogP contribution in [0.2, 0.25) is 0 Å². The molecule has 3 aliphatic heterocycles. The van der Waals surface area contributed by atoms with Crippen molar-refractivity contribution in [1.29, 1.82) is 0 Å². The lowest BCUT2D eigenvalue weighted by Crippen LogP contribution is -2.81. The van der Waals surface area contributed by atoms with Crippen LogP contribution in [0.25, 0.3) is 0 Å². The van der Waals surface area contributed by atoms with Crippen molar-refractivity contribution in [3.05, 3.63) is 0 Å². The van der Waals surface area contributed by atoms with E-state index < -0.39 is 28.1 Å². The van der Waals surface area contributed by atoms with Crippen LogP contribution < -0.4 is 0 Å². The highest BCUT2D eigenvalue weighted by atomic mass is 16.6. The van der Waals surface area contributed by atoms with Crippen molar-refractivity contribution >= 4 is 11.8 Å². The molecule has 6 atom stereocenters. The summed E-state index contributed by atoms with van der Waals surface area (Å²) in [5.41, 5.74) is -2.64. The van der Waals surface area contributed by atoms with Gasteiger partial charge in [0.15, 0.2) is 0 Å².